The van der Waals surface area contributed by atoms with Crippen molar-refractivity contribution in [3.05, 3.63) is 36.5 Å². The van der Waals surface area contributed by atoms with E-state index in [-0.39, 0.29) is 31.5 Å². The maximum atomic E-state index is 13.4. The molecule has 3 atom stereocenters. The minimum atomic E-state index is -4.68. The molecule has 0 aromatic carbocycles. The molecule has 0 saturated carbocycles. The van der Waals surface area contributed by atoms with Crippen LogP contribution in [0.5, 0.6) is 0 Å². The molecule has 0 spiro atoms. The summed E-state index contributed by atoms with van der Waals surface area (Å²) in [5.41, 5.74) is 0. The Balaban J connectivity index is 5.34. The molecule has 0 bridgehead atoms. The number of phosphoric acid groups is 1. The number of hydrogen-bond donors (Lipinski definition) is 1. The molecule has 0 radical (unpaired) electrons. The number of esters is 1. The molecular formula is C55H105N2O7P. The number of carbonyl (C=O) groups is 2. The molecule has 382 valence electrons. The number of likely N-dealkylation sites (N-methyl/N-ethyl adjacent to an activating group) is 1. The Labute approximate surface area is 402 Å². The van der Waals surface area contributed by atoms with Crippen LogP contribution in [-0.2, 0) is 27.9 Å². The zero-order valence-corrected chi connectivity index (χ0v) is 44.3. The van der Waals surface area contributed by atoms with Gasteiger partial charge in [-0.2, -0.15) is 0 Å². The highest BCUT2D eigenvalue weighted by Gasteiger charge is 2.27. The normalized spacial score (nSPS) is 14.1. The minimum Gasteiger partial charge on any atom is -0.756 e. The lowest BCUT2D eigenvalue weighted by molar-refractivity contribution is -0.870. The van der Waals surface area contributed by atoms with Crippen molar-refractivity contribution in [3.8, 4) is 0 Å². The third kappa shape index (κ3) is 47.1. The van der Waals surface area contributed by atoms with Gasteiger partial charge in [0.25, 0.3) is 7.82 Å². The number of nitrogens with zero attached hydrogens (tertiary/aromatic N) is 1. The van der Waals surface area contributed by atoms with Crippen molar-refractivity contribution in [3.63, 3.8) is 0 Å². The van der Waals surface area contributed by atoms with Gasteiger partial charge in [-0.1, -0.05) is 212 Å². The minimum absolute atomic E-state index is 0.0219. The number of carbonyl (C=O) groups excluding carboxylic acids is 2. The molecule has 0 aliphatic carbocycles. The van der Waals surface area contributed by atoms with Gasteiger partial charge in [0.1, 0.15) is 19.3 Å². The Morgan fingerprint density at radius 2 is 0.938 bits per heavy atom. The summed E-state index contributed by atoms with van der Waals surface area (Å²) in [6.45, 7) is 6.80. The zero-order chi connectivity index (χ0) is 48.0. The molecule has 0 rings (SSSR count). The molecule has 1 N–H and O–H groups in total. The van der Waals surface area contributed by atoms with Crippen LogP contribution < -0.4 is 10.2 Å². The molecule has 9 nitrogen and oxygen atoms in total. The van der Waals surface area contributed by atoms with E-state index in [2.05, 4.69) is 50.4 Å². The summed E-state index contributed by atoms with van der Waals surface area (Å²) in [7, 11) is 1.18. The summed E-state index contributed by atoms with van der Waals surface area (Å²) in [6, 6.07) is -0.885. The van der Waals surface area contributed by atoms with Gasteiger partial charge in [0, 0.05) is 12.8 Å². The van der Waals surface area contributed by atoms with Crippen LogP contribution >= 0.6 is 7.82 Å². The van der Waals surface area contributed by atoms with Gasteiger partial charge in [-0.25, -0.2) is 0 Å². The van der Waals surface area contributed by atoms with Crippen LogP contribution in [-0.4, -0.2) is 69.4 Å². The average molecular weight is 937 g/mol. The van der Waals surface area contributed by atoms with Gasteiger partial charge in [-0.05, 0) is 63.9 Å². The number of amides is 1. The highest BCUT2D eigenvalue weighted by Crippen LogP contribution is 2.38. The van der Waals surface area contributed by atoms with Gasteiger partial charge in [0.15, 0.2) is 0 Å². The molecule has 1 amide bonds. The van der Waals surface area contributed by atoms with E-state index in [1.807, 2.05) is 33.3 Å². The molecule has 0 saturated heterocycles. The summed E-state index contributed by atoms with van der Waals surface area (Å²) in [4.78, 5) is 39.7. The van der Waals surface area contributed by atoms with E-state index in [1.165, 1.54) is 141 Å². The number of rotatable bonds is 49. The zero-order valence-electron chi connectivity index (χ0n) is 43.4. The van der Waals surface area contributed by atoms with Crippen LogP contribution in [0.4, 0.5) is 0 Å². The molecule has 65 heavy (non-hydrogen) atoms. The van der Waals surface area contributed by atoms with Crippen LogP contribution in [0.15, 0.2) is 36.5 Å². The lowest BCUT2D eigenvalue weighted by atomic mass is 10.0. The molecule has 0 aromatic heterocycles. The Kier molecular flexibility index (Phi) is 44.7. The van der Waals surface area contributed by atoms with Gasteiger partial charge in [0.2, 0.25) is 5.91 Å². The molecule has 0 fully saturated rings. The number of allylic oxidation sites excluding steroid dienone is 5. The summed E-state index contributed by atoms with van der Waals surface area (Å²) in [5.74, 6) is -0.546. The van der Waals surface area contributed by atoms with Crippen molar-refractivity contribution >= 4 is 19.7 Å². The number of hydrogen-bond acceptors (Lipinski definition) is 7. The van der Waals surface area contributed by atoms with Crippen LogP contribution in [0.25, 0.3) is 0 Å². The SMILES string of the molecule is CCCCC/C=C\C/C=C\CCCCCCCCCC(=O)OC(/C=C/CCCCCCCCCCC)C(COP(=O)([O-])OCC[N+](C)(C)C)NC(=O)CCCCCCCCCCCCC. The van der Waals surface area contributed by atoms with Crippen LogP contribution in [0.2, 0.25) is 0 Å². The molecule has 3 unspecified atom stereocenters. The molecule has 10 heteroatoms. The maximum Gasteiger partial charge on any atom is 0.306 e. The molecule has 0 heterocycles. The maximum absolute atomic E-state index is 13.4. The van der Waals surface area contributed by atoms with Gasteiger partial charge in [-0.15, -0.1) is 0 Å². The van der Waals surface area contributed by atoms with Crippen molar-refractivity contribution < 1.29 is 37.3 Å². The lowest BCUT2D eigenvalue weighted by Crippen LogP contribution is -2.47. The highest BCUT2D eigenvalue weighted by atomic mass is 31.2. The molecule has 0 aliphatic rings. The monoisotopic (exact) mass is 937 g/mol. The first-order valence-electron chi connectivity index (χ1n) is 27.3. The van der Waals surface area contributed by atoms with Crippen molar-refractivity contribution in [2.24, 2.45) is 0 Å². The van der Waals surface area contributed by atoms with Gasteiger partial charge < -0.3 is 28.5 Å². The van der Waals surface area contributed by atoms with Gasteiger partial charge >= 0.3 is 5.97 Å². The number of nitrogens with one attached hydrogen (secondary N) is 1. The fourth-order valence-corrected chi connectivity index (χ4v) is 8.51. The van der Waals surface area contributed by atoms with Crippen LogP contribution in [0, 0.1) is 0 Å². The number of quaternary nitrogens is 1. The Bertz CT molecular complexity index is 1220. The quantitative estimate of drug-likeness (QED) is 0.0212. The average Bonchev–Trinajstić information content (AvgIpc) is 3.26. The van der Waals surface area contributed by atoms with E-state index >= 15 is 0 Å². The van der Waals surface area contributed by atoms with Crippen molar-refractivity contribution in [2.75, 3.05) is 40.9 Å². The van der Waals surface area contributed by atoms with E-state index in [0.29, 0.717) is 17.4 Å². The third-order valence-corrected chi connectivity index (χ3v) is 13.0. The van der Waals surface area contributed by atoms with Crippen LogP contribution in [0.1, 0.15) is 252 Å². The highest BCUT2D eigenvalue weighted by molar-refractivity contribution is 7.45. The van der Waals surface area contributed by atoms with E-state index in [9.17, 15) is 19.0 Å². The number of unbranched alkanes of at least 4 members (excludes halogenated alkanes) is 29. The van der Waals surface area contributed by atoms with E-state index in [1.54, 1.807) is 0 Å². The Morgan fingerprint density at radius 3 is 1.42 bits per heavy atom. The van der Waals surface area contributed by atoms with Crippen LogP contribution in [0.3, 0.4) is 0 Å². The second kappa shape index (κ2) is 46.0. The van der Waals surface area contributed by atoms with Crippen molar-refractivity contribution in [1.29, 1.82) is 0 Å². The van der Waals surface area contributed by atoms with E-state index in [4.69, 9.17) is 13.8 Å². The number of phosphoric ester groups is 1. The Morgan fingerprint density at radius 1 is 0.538 bits per heavy atom. The molecule has 0 aromatic rings. The van der Waals surface area contributed by atoms with E-state index in [0.717, 1.165) is 77.0 Å². The first-order valence-corrected chi connectivity index (χ1v) is 28.8. The Hall–Kier alpha value is -1.77. The smallest absolute Gasteiger partial charge is 0.306 e. The summed E-state index contributed by atoms with van der Waals surface area (Å²) in [5, 5.41) is 3.01. The summed E-state index contributed by atoms with van der Waals surface area (Å²) in [6.07, 6.45) is 52.4. The first-order chi connectivity index (χ1) is 31.4. The number of ether oxygens (including phenoxy) is 1. The lowest BCUT2D eigenvalue weighted by Gasteiger charge is -2.30. The predicted molar refractivity (Wildman–Crippen MR) is 275 cm³/mol. The predicted octanol–water partition coefficient (Wildman–Crippen LogP) is 15.4. The fourth-order valence-electron chi connectivity index (χ4n) is 7.79. The summed E-state index contributed by atoms with van der Waals surface area (Å²) < 4.78 is 30.1. The topological polar surface area (TPSA) is 114 Å². The van der Waals surface area contributed by atoms with E-state index < -0.39 is 20.0 Å². The standard InChI is InChI=1S/C55H105N2O7P/c1-7-10-13-16-19-22-25-26-27-28-29-30-33-36-39-42-45-48-55(59)64-53(46-43-40-37-34-31-23-20-17-14-11-8-2)52(51-63-65(60,61)62-50-49-57(4,5)6)56-54(58)47-44-41-38-35-32-24-21-18-15-12-9-3/h19,22,26-27,43,46,52-53H,7-18,20-21,23-25,28-42,44-45,47-51H2,1-6H3,(H-,56,58,60,61)/b22-19-,27-26-,46-43+. The van der Waals surface area contributed by atoms with Gasteiger partial charge in [0.05, 0.1) is 33.8 Å². The van der Waals surface area contributed by atoms with Crippen molar-refractivity contribution in [2.45, 2.75) is 264 Å². The first kappa shape index (κ1) is 63.2. The second-order valence-corrected chi connectivity index (χ2v) is 21.1. The van der Waals surface area contributed by atoms with Crippen molar-refractivity contribution in [1.82, 2.24) is 5.32 Å². The molecular weight excluding hydrogens is 832 g/mol. The second-order valence-electron chi connectivity index (χ2n) is 19.7. The summed E-state index contributed by atoms with van der Waals surface area (Å²) >= 11 is 0. The largest absolute Gasteiger partial charge is 0.756 e. The van der Waals surface area contributed by atoms with Gasteiger partial charge in [-0.3, -0.25) is 14.2 Å². The molecule has 0 aliphatic heterocycles. The fraction of sp³-hybridized carbons (Fsp3) is 0.855. The third-order valence-electron chi connectivity index (χ3n) is 12.1.